The van der Waals surface area contributed by atoms with Crippen molar-refractivity contribution in [2.24, 2.45) is 7.05 Å². The molecule has 0 N–H and O–H groups in total. The molecule has 0 bridgehead atoms. The van der Waals surface area contributed by atoms with Crippen LogP contribution in [0.4, 0.5) is 0 Å². The molecule has 0 saturated heterocycles. The van der Waals surface area contributed by atoms with Gasteiger partial charge in [0.25, 0.3) is 5.88 Å². The lowest BCUT2D eigenvalue weighted by atomic mass is 10.3. The van der Waals surface area contributed by atoms with E-state index in [9.17, 15) is 0 Å². The summed E-state index contributed by atoms with van der Waals surface area (Å²) in [5.74, 6) is 0.547. The van der Waals surface area contributed by atoms with Crippen molar-refractivity contribution in [2.75, 3.05) is 0 Å². The molecule has 19 heavy (non-hydrogen) atoms. The van der Waals surface area contributed by atoms with Crippen molar-refractivity contribution in [1.82, 2.24) is 24.1 Å². The van der Waals surface area contributed by atoms with Crippen molar-refractivity contribution in [3.05, 3.63) is 30.9 Å². The molecular weight excluding hydrogens is 242 g/mol. The van der Waals surface area contributed by atoms with Crippen LogP contribution < -0.4 is 4.74 Å². The first-order valence-electron chi connectivity index (χ1n) is 6.14. The number of hydrogen-bond donors (Lipinski definition) is 0. The van der Waals surface area contributed by atoms with Crippen LogP contribution in [0.25, 0.3) is 17.0 Å². The molecule has 0 saturated carbocycles. The van der Waals surface area contributed by atoms with Gasteiger partial charge in [-0.05, 0) is 19.9 Å². The van der Waals surface area contributed by atoms with Crippen LogP contribution in [0.3, 0.4) is 0 Å². The highest BCUT2D eigenvalue weighted by Gasteiger charge is 2.13. The third-order valence-electron chi connectivity index (χ3n) is 2.83. The van der Waals surface area contributed by atoms with E-state index in [2.05, 4.69) is 15.1 Å². The molecule has 6 nitrogen and oxygen atoms in total. The Bertz CT molecular complexity index is 713. The Morgan fingerprint density at radius 1 is 1.16 bits per heavy atom. The third kappa shape index (κ3) is 1.95. The van der Waals surface area contributed by atoms with E-state index in [1.807, 2.05) is 42.2 Å². The fourth-order valence-corrected chi connectivity index (χ4v) is 2.02. The van der Waals surface area contributed by atoms with Crippen molar-refractivity contribution < 1.29 is 4.74 Å². The van der Waals surface area contributed by atoms with Crippen LogP contribution in [0.1, 0.15) is 13.8 Å². The molecule has 3 aromatic heterocycles. The van der Waals surface area contributed by atoms with Crippen molar-refractivity contribution in [3.63, 3.8) is 0 Å². The molecule has 3 heterocycles. The fourth-order valence-electron chi connectivity index (χ4n) is 2.02. The molecule has 0 unspecified atom stereocenters. The molecule has 0 aliphatic heterocycles. The normalized spacial score (nSPS) is 11.4. The second kappa shape index (κ2) is 4.38. The molecule has 0 spiro atoms. The van der Waals surface area contributed by atoms with E-state index in [-0.39, 0.29) is 6.10 Å². The van der Waals surface area contributed by atoms with E-state index in [0.717, 1.165) is 11.4 Å². The molecule has 0 aliphatic rings. The van der Waals surface area contributed by atoms with E-state index in [1.165, 1.54) is 0 Å². The van der Waals surface area contributed by atoms with Crippen LogP contribution in [0, 0.1) is 0 Å². The zero-order valence-corrected chi connectivity index (χ0v) is 11.1. The molecule has 0 fully saturated rings. The standard InChI is InChI=1S/C13H15N5O/c1-9(2)19-13-12-15-8-11(18(12)7-6-14-13)10-4-5-16-17(10)3/h4-9H,1-3H3. The number of aryl methyl sites for hydroxylation is 1. The van der Waals surface area contributed by atoms with Crippen LogP contribution >= 0.6 is 0 Å². The van der Waals surface area contributed by atoms with Crippen molar-refractivity contribution in [2.45, 2.75) is 20.0 Å². The van der Waals surface area contributed by atoms with Gasteiger partial charge in [-0.3, -0.25) is 9.08 Å². The lowest BCUT2D eigenvalue weighted by Crippen LogP contribution is -2.08. The molecule has 3 aromatic rings. The number of ether oxygens (including phenoxy) is 1. The number of imidazole rings is 1. The van der Waals surface area contributed by atoms with Gasteiger partial charge in [-0.25, -0.2) is 9.97 Å². The van der Waals surface area contributed by atoms with Gasteiger partial charge in [0.05, 0.1) is 23.7 Å². The summed E-state index contributed by atoms with van der Waals surface area (Å²) < 4.78 is 9.44. The Balaban J connectivity index is 2.17. The molecule has 0 aliphatic carbocycles. The lowest BCUT2D eigenvalue weighted by molar-refractivity contribution is 0.234. The van der Waals surface area contributed by atoms with E-state index in [1.54, 1.807) is 18.6 Å². The Morgan fingerprint density at radius 2 is 2.00 bits per heavy atom. The topological polar surface area (TPSA) is 57.2 Å². The summed E-state index contributed by atoms with van der Waals surface area (Å²) in [6.45, 7) is 3.94. The van der Waals surface area contributed by atoms with E-state index in [0.29, 0.717) is 11.5 Å². The van der Waals surface area contributed by atoms with Gasteiger partial charge >= 0.3 is 0 Å². The smallest absolute Gasteiger partial charge is 0.258 e. The molecule has 6 heteroatoms. The Morgan fingerprint density at radius 3 is 2.68 bits per heavy atom. The Hall–Kier alpha value is -2.37. The molecule has 98 valence electrons. The molecule has 0 atom stereocenters. The molecule has 0 aromatic carbocycles. The summed E-state index contributed by atoms with van der Waals surface area (Å²) >= 11 is 0. The summed E-state index contributed by atoms with van der Waals surface area (Å²) in [6.07, 6.45) is 7.22. The van der Waals surface area contributed by atoms with Gasteiger partial charge in [0, 0.05) is 25.6 Å². The predicted octanol–water partition coefficient (Wildman–Crippen LogP) is 1.92. The highest BCUT2D eigenvalue weighted by molar-refractivity contribution is 5.63. The first kappa shape index (κ1) is 11.7. The first-order valence-corrected chi connectivity index (χ1v) is 6.14. The summed E-state index contributed by atoms with van der Waals surface area (Å²) in [5.41, 5.74) is 2.67. The van der Waals surface area contributed by atoms with Gasteiger partial charge < -0.3 is 4.74 Å². The van der Waals surface area contributed by atoms with E-state index < -0.39 is 0 Å². The van der Waals surface area contributed by atoms with E-state index >= 15 is 0 Å². The first-order chi connectivity index (χ1) is 9.16. The minimum absolute atomic E-state index is 0.0653. The Kier molecular flexibility index (Phi) is 2.70. The number of aromatic nitrogens is 5. The zero-order chi connectivity index (χ0) is 13.4. The molecule has 0 radical (unpaired) electrons. The summed E-state index contributed by atoms with van der Waals surface area (Å²) in [4.78, 5) is 8.64. The van der Waals surface area contributed by atoms with Crippen molar-refractivity contribution >= 4 is 5.65 Å². The van der Waals surface area contributed by atoms with Gasteiger partial charge in [0.1, 0.15) is 0 Å². The highest BCUT2D eigenvalue weighted by atomic mass is 16.5. The number of hydrogen-bond acceptors (Lipinski definition) is 4. The van der Waals surface area contributed by atoms with E-state index in [4.69, 9.17) is 4.74 Å². The van der Waals surface area contributed by atoms with Gasteiger partial charge in [0.2, 0.25) is 5.65 Å². The lowest BCUT2D eigenvalue weighted by Gasteiger charge is -2.09. The number of fused-ring (bicyclic) bond motifs is 1. The minimum atomic E-state index is 0.0653. The second-order valence-electron chi connectivity index (χ2n) is 4.58. The quantitative estimate of drug-likeness (QED) is 0.719. The predicted molar refractivity (Wildman–Crippen MR) is 71.0 cm³/mol. The van der Waals surface area contributed by atoms with Crippen LogP contribution in [0.15, 0.2) is 30.9 Å². The fraction of sp³-hybridized carbons (Fsp3) is 0.308. The number of rotatable bonds is 3. The van der Waals surface area contributed by atoms with Gasteiger partial charge in [0.15, 0.2) is 0 Å². The maximum Gasteiger partial charge on any atom is 0.258 e. The van der Waals surface area contributed by atoms with Gasteiger partial charge in [-0.2, -0.15) is 5.10 Å². The summed E-state index contributed by atoms with van der Waals surface area (Å²) in [5, 5.41) is 4.18. The van der Waals surface area contributed by atoms with Crippen LogP contribution in [0.5, 0.6) is 5.88 Å². The van der Waals surface area contributed by atoms with Gasteiger partial charge in [-0.15, -0.1) is 0 Å². The van der Waals surface area contributed by atoms with Crippen molar-refractivity contribution in [1.29, 1.82) is 0 Å². The molecule has 3 rings (SSSR count). The maximum absolute atomic E-state index is 5.67. The minimum Gasteiger partial charge on any atom is -0.472 e. The van der Waals surface area contributed by atoms with Crippen LogP contribution in [-0.4, -0.2) is 30.3 Å². The second-order valence-corrected chi connectivity index (χ2v) is 4.58. The van der Waals surface area contributed by atoms with Crippen LogP contribution in [-0.2, 0) is 7.05 Å². The molecular formula is C13H15N5O. The highest BCUT2D eigenvalue weighted by Crippen LogP contribution is 2.24. The van der Waals surface area contributed by atoms with Crippen LogP contribution in [0.2, 0.25) is 0 Å². The zero-order valence-electron chi connectivity index (χ0n) is 11.1. The maximum atomic E-state index is 5.67. The SMILES string of the molecule is CC(C)Oc1nccn2c(-c3ccnn3C)cnc12. The largest absolute Gasteiger partial charge is 0.472 e. The Labute approximate surface area is 110 Å². The summed E-state index contributed by atoms with van der Waals surface area (Å²) in [6, 6.07) is 1.95. The molecule has 0 amide bonds. The monoisotopic (exact) mass is 257 g/mol. The summed E-state index contributed by atoms with van der Waals surface area (Å²) in [7, 11) is 1.90. The number of nitrogens with zero attached hydrogens (tertiary/aromatic N) is 5. The average molecular weight is 257 g/mol. The average Bonchev–Trinajstić information content (AvgIpc) is 2.95. The third-order valence-corrected chi connectivity index (χ3v) is 2.83. The van der Waals surface area contributed by atoms with Crippen molar-refractivity contribution in [3.8, 4) is 17.3 Å². The van der Waals surface area contributed by atoms with Gasteiger partial charge in [-0.1, -0.05) is 0 Å².